The Bertz CT molecular complexity index is 2810. The fraction of sp³-hybridized carbons (Fsp3) is 0.0385. The van der Waals surface area contributed by atoms with E-state index in [1.165, 1.54) is 49.0 Å². The number of anilines is 3. The van der Waals surface area contributed by atoms with E-state index in [-0.39, 0.29) is 0 Å². The van der Waals surface area contributed by atoms with Crippen LogP contribution < -0.4 is 4.90 Å². The molecule has 53 heavy (non-hydrogen) atoms. The van der Waals surface area contributed by atoms with Gasteiger partial charge in [0.1, 0.15) is 0 Å². The van der Waals surface area contributed by atoms with Crippen LogP contribution in [0.4, 0.5) is 17.1 Å². The van der Waals surface area contributed by atoms with Gasteiger partial charge in [-0.2, -0.15) is 0 Å². The number of hydrogen-bond acceptors (Lipinski definition) is 1. The lowest BCUT2D eigenvalue weighted by molar-refractivity contribution is 1.27. The largest absolute Gasteiger partial charge is 0.302 e. The van der Waals surface area contributed by atoms with Gasteiger partial charge in [-0.05, 0) is 116 Å². The Labute approximate surface area is 311 Å². The average molecular weight is 676 g/mol. The number of nitrogens with zero attached hydrogens (tertiary/aromatic N) is 1. The summed E-state index contributed by atoms with van der Waals surface area (Å²) >= 11 is 0. The maximum Gasteiger partial charge on any atom is 0.0980 e. The van der Waals surface area contributed by atoms with Crippen molar-refractivity contribution in [3.05, 3.63) is 211 Å². The van der Waals surface area contributed by atoms with Gasteiger partial charge < -0.3 is 4.90 Å². The first-order chi connectivity index (χ1) is 26.1. The molecular weight excluding hydrogens is 639 g/mol. The summed E-state index contributed by atoms with van der Waals surface area (Å²) in [5.41, 5.74) is 12.5. The van der Waals surface area contributed by atoms with Gasteiger partial charge in [0.25, 0.3) is 0 Å². The molecule has 1 heteroatoms. The van der Waals surface area contributed by atoms with Crippen LogP contribution in [0.15, 0.2) is 182 Å². The minimum atomic E-state index is 0.924. The summed E-state index contributed by atoms with van der Waals surface area (Å²) in [5, 5.41) is 7.54. The highest BCUT2D eigenvalue weighted by molar-refractivity contribution is 6.09. The number of rotatable bonds is 7. The van der Waals surface area contributed by atoms with E-state index in [1.54, 1.807) is 0 Å². The van der Waals surface area contributed by atoms with Crippen molar-refractivity contribution in [2.75, 3.05) is 4.90 Å². The van der Waals surface area contributed by atoms with Crippen molar-refractivity contribution in [2.24, 2.45) is 0 Å². The van der Waals surface area contributed by atoms with Crippen LogP contribution >= 0.6 is 0 Å². The predicted molar refractivity (Wildman–Crippen MR) is 227 cm³/mol. The summed E-state index contributed by atoms with van der Waals surface area (Å²) in [5.74, 6) is 0. The Morgan fingerprint density at radius 2 is 1.15 bits per heavy atom. The van der Waals surface area contributed by atoms with Crippen LogP contribution in [0.1, 0.15) is 23.6 Å². The Kier molecular flexibility index (Phi) is 8.28. The van der Waals surface area contributed by atoms with Crippen LogP contribution in [-0.4, -0.2) is 0 Å². The van der Waals surface area contributed by atoms with Crippen molar-refractivity contribution in [1.82, 2.24) is 0 Å². The normalized spacial score (nSPS) is 11.5. The predicted octanol–water partition coefficient (Wildman–Crippen LogP) is 14.4. The van der Waals surface area contributed by atoms with E-state index in [2.05, 4.69) is 213 Å². The molecule has 0 amide bonds. The number of aryl methyl sites for hydroxylation is 1. The van der Waals surface area contributed by atoms with E-state index < -0.39 is 0 Å². The topological polar surface area (TPSA) is 3.24 Å². The molecular formula is C52H37N. The van der Waals surface area contributed by atoms with Crippen molar-refractivity contribution >= 4 is 61.0 Å². The van der Waals surface area contributed by atoms with Crippen LogP contribution in [0, 0.1) is 19.1 Å². The second-order valence-electron chi connectivity index (χ2n) is 13.7. The van der Waals surface area contributed by atoms with Crippen molar-refractivity contribution in [3.63, 3.8) is 0 Å². The molecule has 250 valence electrons. The second-order valence-corrected chi connectivity index (χ2v) is 13.7. The standard InChI is InChI=1S/C52H37N/c1-36(33-41-29-27-39-17-6-8-22-47(39)37(41)2)46-21-10-12-25-51(46)53(45-20-14-19-42(35-45)38-15-4-3-5-16-38)52-26-13-11-24-50(52)44-31-32-49-43(34-44)30-28-40-18-7-9-23-48(40)49/h3-13,15-19,21-35H,1-2H3/b36-33+. The fourth-order valence-corrected chi connectivity index (χ4v) is 7.73. The summed E-state index contributed by atoms with van der Waals surface area (Å²) in [4.78, 5) is 2.36. The molecule has 0 saturated heterocycles. The van der Waals surface area contributed by atoms with Gasteiger partial charge in [-0.15, -0.1) is 0 Å². The van der Waals surface area contributed by atoms with Crippen LogP contribution in [0.25, 0.3) is 66.2 Å². The SMILES string of the molecule is C/C(=C\c1ccc2ccccc2c1C)c1ccccc1N(c1c#ccc(-c2ccccc2)c1)c1ccccc1-c1ccc2c(ccc3ccccc32)c1. The van der Waals surface area contributed by atoms with Crippen molar-refractivity contribution in [2.45, 2.75) is 13.8 Å². The molecule has 0 aliphatic heterocycles. The summed E-state index contributed by atoms with van der Waals surface area (Å²) in [6, 6.07) is 72.2. The van der Waals surface area contributed by atoms with Gasteiger partial charge in [0.2, 0.25) is 0 Å². The monoisotopic (exact) mass is 675 g/mol. The summed E-state index contributed by atoms with van der Waals surface area (Å²) < 4.78 is 0. The van der Waals surface area contributed by atoms with Crippen LogP contribution in [0.2, 0.25) is 0 Å². The van der Waals surface area contributed by atoms with E-state index >= 15 is 0 Å². The lowest BCUT2D eigenvalue weighted by Gasteiger charge is -2.29. The maximum atomic E-state index is 3.53. The zero-order chi connectivity index (χ0) is 35.7. The van der Waals surface area contributed by atoms with Gasteiger partial charge in [0, 0.05) is 11.1 Å². The molecule has 0 fully saturated rings. The molecule has 0 heterocycles. The van der Waals surface area contributed by atoms with Gasteiger partial charge in [-0.1, -0.05) is 164 Å². The molecule has 0 aliphatic carbocycles. The van der Waals surface area contributed by atoms with E-state index in [0.29, 0.717) is 0 Å². The van der Waals surface area contributed by atoms with E-state index in [4.69, 9.17) is 0 Å². The zero-order valence-electron chi connectivity index (χ0n) is 29.8. The Morgan fingerprint density at radius 3 is 2.00 bits per heavy atom. The Hall–Kier alpha value is -6.88. The van der Waals surface area contributed by atoms with Gasteiger partial charge in [-0.25, -0.2) is 0 Å². The highest BCUT2D eigenvalue weighted by Gasteiger charge is 2.21. The first-order valence-electron chi connectivity index (χ1n) is 18.2. The Balaban J connectivity index is 1.24. The maximum absolute atomic E-state index is 3.53. The smallest absolute Gasteiger partial charge is 0.0980 e. The molecule has 0 spiro atoms. The zero-order valence-corrected chi connectivity index (χ0v) is 29.8. The fourth-order valence-electron chi connectivity index (χ4n) is 7.73. The molecule has 0 atom stereocenters. The van der Waals surface area contributed by atoms with Crippen LogP contribution in [0.3, 0.4) is 0 Å². The summed E-state index contributed by atoms with van der Waals surface area (Å²) in [6.07, 6.45) is 2.33. The Morgan fingerprint density at radius 1 is 0.509 bits per heavy atom. The lowest BCUT2D eigenvalue weighted by Crippen LogP contribution is -2.13. The van der Waals surface area contributed by atoms with Gasteiger partial charge in [-0.3, -0.25) is 0 Å². The number of allylic oxidation sites excluding steroid dienone is 1. The number of para-hydroxylation sites is 2. The van der Waals surface area contributed by atoms with Gasteiger partial charge in [0.15, 0.2) is 0 Å². The quantitative estimate of drug-likeness (QED) is 0.120. The highest BCUT2D eigenvalue weighted by atomic mass is 15.1. The highest BCUT2D eigenvalue weighted by Crippen LogP contribution is 2.44. The van der Waals surface area contributed by atoms with Gasteiger partial charge >= 0.3 is 0 Å². The molecule has 0 bridgehead atoms. The third-order valence-electron chi connectivity index (χ3n) is 10.5. The second kappa shape index (κ2) is 13.7. The van der Waals surface area contributed by atoms with Crippen molar-refractivity contribution in [1.29, 1.82) is 0 Å². The molecule has 0 N–H and O–H groups in total. The molecule has 9 aromatic carbocycles. The molecule has 0 radical (unpaired) electrons. The first kappa shape index (κ1) is 32.1. The van der Waals surface area contributed by atoms with Crippen molar-refractivity contribution < 1.29 is 0 Å². The van der Waals surface area contributed by atoms with Crippen LogP contribution in [0.5, 0.6) is 0 Å². The van der Waals surface area contributed by atoms with E-state index in [1.807, 2.05) is 6.07 Å². The molecule has 1 nitrogen and oxygen atoms in total. The molecule has 0 unspecified atom stereocenters. The lowest BCUT2D eigenvalue weighted by atomic mass is 9.94. The number of benzene rings is 8. The summed E-state index contributed by atoms with van der Waals surface area (Å²) in [6.45, 7) is 4.45. The first-order valence-corrected chi connectivity index (χ1v) is 18.2. The average Bonchev–Trinajstić information content (AvgIpc) is 3.22. The van der Waals surface area contributed by atoms with E-state index in [9.17, 15) is 0 Å². The molecule has 9 aromatic rings. The molecule has 0 aromatic heterocycles. The summed E-state index contributed by atoms with van der Waals surface area (Å²) in [7, 11) is 0. The third kappa shape index (κ3) is 6.01. The van der Waals surface area contributed by atoms with E-state index in [0.717, 1.165) is 44.9 Å². The third-order valence-corrected chi connectivity index (χ3v) is 10.5. The number of fused-ring (bicyclic) bond motifs is 4. The van der Waals surface area contributed by atoms with Crippen molar-refractivity contribution in [3.8, 4) is 22.3 Å². The van der Waals surface area contributed by atoms with Gasteiger partial charge in [0.05, 0.1) is 17.1 Å². The number of hydrogen-bond donors (Lipinski definition) is 0. The molecule has 0 saturated carbocycles. The molecule has 0 aliphatic rings. The minimum absolute atomic E-state index is 0.924. The minimum Gasteiger partial charge on any atom is -0.302 e. The van der Waals surface area contributed by atoms with Crippen LogP contribution in [-0.2, 0) is 0 Å². The molecule has 9 rings (SSSR count).